The van der Waals surface area contributed by atoms with Gasteiger partial charge in [0.05, 0.1) is 6.42 Å². The van der Waals surface area contributed by atoms with E-state index in [4.69, 9.17) is 5.11 Å². The molecule has 0 spiro atoms. The van der Waals surface area contributed by atoms with Gasteiger partial charge in [-0.15, -0.1) is 0 Å². The van der Waals surface area contributed by atoms with Crippen LogP contribution in [-0.4, -0.2) is 16.3 Å². The second-order valence-electron chi connectivity index (χ2n) is 5.75. The van der Waals surface area contributed by atoms with Crippen LogP contribution in [0.3, 0.4) is 0 Å². The molecule has 1 unspecified atom stereocenters. The van der Waals surface area contributed by atoms with Crippen molar-refractivity contribution in [2.24, 2.45) is 0 Å². The summed E-state index contributed by atoms with van der Waals surface area (Å²) in [6, 6.07) is 20.7. The molecule has 0 aromatic heterocycles. The van der Waals surface area contributed by atoms with Crippen molar-refractivity contribution in [1.29, 1.82) is 0 Å². The van der Waals surface area contributed by atoms with Gasteiger partial charge < -0.3 is 5.11 Å². The molecule has 0 saturated carbocycles. The normalized spacial score (nSPS) is 12.0. The number of hydrogen-bond donors (Lipinski definition) is 1. The zero-order valence-electron chi connectivity index (χ0n) is 13.4. The minimum Gasteiger partial charge on any atom is -0.481 e. The van der Waals surface area contributed by atoms with Gasteiger partial charge in [0, 0.05) is 11.0 Å². The number of carboxylic acid groups (broad SMARTS) is 1. The highest BCUT2D eigenvalue weighted by Crippen LogP contribution is 2.25. The SMILES string of the molecule is O=C(O)CC(CCCCc1ccccc1)SCc1ccccc1. The van der Waals surface area contributed by atoms with Crippen LogP contribution in [0.2, 0.25) is 0 Å². The molecule has 0 heterocycles. The van der Waals surface area contributed by atoms with Crippen molar-refractivity contribution >= 4 is 17.7 Å². The summed E-state index contributed by atoms with van der Waals surface area (Å²) >= 11 is 1.77. The summed E-state index contributed by atoms with van der Waals surface area (Å²) in [7, 11) is 0. The maximum absolute atomic E-state index is 11.1. The maximum atomic E-state index is 11.1. The van der Waals surface area contributed by atoms with E-state index < -0.39 is 5.97 Å². The molecule has 122 valence electrons. The Labute approximate surface area is 142 Å². The smallest absolute Gasteiger partial charge is 0.304 e. The van der Waals surface area contributed by atoms with Crippen LogP contribution in [0.1, 0.15) is 36.8 Å². The number of carbonyl (C=O) groups is 1. The van der Waals surface area contributed by atoms with E-state index in [9.17, 15) is 4.79 Å². The third kappa shape index (κ3) is 7.38. The third-order valence-electron chi connectivity index (χ3n) is 3.82. The molecule has 0 aliphatic rings. The van der Waals surface area contributed by atoms with Gasteiger partial charge in [-0.05, 0) is 30.4 Å². The molecule has 2 nitrogen and oxygen atoms in total. The van der Waals surface area contributed by atoms with Gasteiger partial charge in [0.2, 0.25) is 0 Å². The molecule has 0 amide bonds. The first kappa shape index (κ1) is 17.6. The number of unbranched alkanes of at least 4 members (excludes halogenated alkanes) is 1. The summed E-state index contributed by atoms with van der Waals surface area (Å²) in [6.07, 6.45) is 4.49. The number of hydrogen-bond acceptors (Lipinski definition) is 2. The number of rotatable bonds is 10. The van der Waals surface area contributed by atoms with Gasteiger partial charge in [0.25, 0.3) is 0 Å². The van der Waals surface area contributed by atoms with Crippen LogP contribution in [0, 0.1) is 0 Å². The van der Waals surface area contributed by atoms with Crippen LogP contribution in [0.15, 0.2) is 60.7 Å². The van der Waals surface area contributed by atoms with Gasteiger partial charge in [0.15, 0.2) is 0 Å². The molecular weight excluding hydrogens is 304 g/mol. The summed E-state index contributed by atoms with van der Waals surface area (Å²) in [5.74, 6) is 0.191. The lowest BCUT2D eigenvalue weighted by Crippen LogP contribution is -2.10. The second-order valence-corrected chi connectivity index (χ2v) is 7.04. The predicted octanol–water partition coefficient (Wildman–Crippen LogP) is 5.18. The van der Waals surface area contributed by atoms with Crippen molar-refractivity contribution < 1.29 is 9.90 Å². The number of carboxylic acids is 1. The van der Waals surface area contributed by atoms with Crippen molar-refractivity contribution in [3.8, 4) is 0 Å². The quantitative estimate of drug-likeness (QED) is 0.611. The number of thioether (sulfide) groups is 1. The van der Waals surface area contributed by atoms with Gasteiger partial charge in [-0.2, -0.15) is 11.8 Å². The van der Waals surface area contributed by atoms with Crippen LogP contribution in [0.5, 0.6) is 0 Å². The Bertz CT molecular complexity index is 569. The van der Waals surface area contributed by atoms with Crippen LogP contribution in [0.25, 0.3) is 0 Å². The molecule has 1 atom stereocenters. The van der Waals surface area contributed by atoms with Crippen molar-refractivity contribution in [3.63, 3.8) is 0 Å². The Kier molecular flexibility index (Phi) is 7.74. The van der Waals surface area contributed by atoms with Gasteiger partial charge in [-0.1, -0.05) is 67.1 Å². The molecule has 0 radical (unpaired) electrons. The Morgan fingerprint density at radius 3 is 2.13 bits per heavy atom. The Balaban J connectivity index is 1.73. The van der Waals surface area contributed by atoms with E-state index in [2.05, 4.69) is 36.4 Å². The lowest BCUT2D eigenvalue weighted by molar-refractivity contribution is -0.137. The monoisotopic (exact) mass is 328 g/mol. The van der Waals surface area contributed by atoms with Crippen LogP contribution in [-0.2, 0) is 17.0 Å². The summed E-state index contributed by atoms with van der Waals surface area (Å²) in [5.41, 5.74) is 2.62. The zero-order valence-corrected chi connectivity index (χ0v) is 14.2. The highest BCUT2D eigenvalue weighted by atomic mass is 32.2. The maximum Gasteiger partial charge on any atom is 0.304 e. The van der Waals surface area contributed by atoms with Crippen LogP contribution in [0.4, 0.5) is 0 Å². The Hall–Kier alpha value is -1.74. The number of aryl methyl sites for hydroxylation is 1. The summed E-state index contributed by atoms with van der Waals surface area (Å²) in [4.78, 5) is 11.1. The molecule has 2 aromatic rings. The van der Waals surface area contributed by atoms with E-state index in [0.717, 1.165) is 31.4 Å². The minimum absolute atomic E-state index is 0.198. The number of benzene rings is 2. The van der Waals surface area contributed by atoms with Gasteiger partial charge in [-0.25, -0.2) is 0 Å². The standard InChI is InChI=1S/C20H24O2S/c21-20(22)15-19(23-16-18-12-5-2-6-13-18)14-8-7-11-17-9-3-1-4-10-17/h1-6,9-10,12-13,19H,7-8,11,14-16H2,(H,21,22). The second kappa shape index (κ2) is 10.1. The van der Waals surface area contributed by atoms with E-state index in [0.29, 0.717) is 0 Å². The molecule has 1 N–H and O–H groups in total. The van der Waals surface area contributed by atoms with Crippen molar-refractivity contribution in [2.75, 3.05) is 0 Å². The molecule has 2 aromatic carbocycles. The molecule has 0 aliphatic carbocycles. The molecule has 2 rings (SSSR count). The van der Waals surface area contributed by atoms with Gasteiger partial charge in [-0.3, -0.25) is 4.79 Å². The Morgan fingerprint density at radius 1 is 0.913 bits per heavy atom. The molecule has 3 heteroatoms. The zero-order chi connectivity index (χ0) is 16.3. The molecule has 23 heavy (non-hydrogen) atoms. The average Bonchev–Trinajstić information content (AvgIpc) is 2.58. The van der Waals surface area contributed by atoms with Crippen molar-refractivity contribution in [2.45, 2.75) is 43.1 Å². The number of aliphatic carboxylic acids is 1. The minimum atomic E-state index is -0.696. The third-order valence-corrected chi connectivity index (χ3v) is 5.19. The van der Waals surface area contributed by atoms with Crippen molar-refractivity contribution in [1.82, 2.24) is 0 Å². The van der Waals surface area contributed by atoms with Crippen molar-refractivity contribution in [3.05, 3.63) is 71.8 Å². The van der Waals surface area contributed by atoms with Gasteiger partial charge in [0.1, 0.15) is 0 Å². The van der Waals surface area contributed by atoms with E-state index in [1.807, 2.05) is 24.3 Å². The largest absolute Gasteiger partial charge is 0.481 e. The topological polar surface area (TPSA) is 37.3 Å². The summed E-state index contributed by atoms with van der Waals surface area (Å²) in [6.45, 7) is 0. The summed E-state index contributed by atoms with van der Waals surface area (Å²) in [5, 5.41) is 9.30. The van der Waals surface area contributed by atoms with E-state index in [-0.39, 0.29) is 11.7 Å². The lowest BCUT2D eigenvalue weighted by atomic mass is 10.1. The molecular formula is C20H24O2S. The fourth-order valence-corrected chi connectivity index (χ4v) is 3.79. The fraction of sp³-hybridized carbons (Fsp3) is 0.350. The first-order chi connectivity index (χ1) is 11.2. The highest BCUT2D eigenvalue weighted by Gasteiger charge is 2.13. The molecule has 0 fully saturated rings. The predicted molar refractivity (Wildman–Crippen MR) is 97.8 cm³/mol. The molecule has 0 aliphatic heterocycles. The van der Waals surface area contributed by atoms with E-state index in [1.54, 1.807) is 11.8 Å². The fourth-order valence-electron chi connectivity index (χ4n) is 2.57. The molecule has 0 saturated heterocycles. The van der Waals surface area contributed by atoms with Gasteiger partial charge >= 0.3 is 5.97 Å². The molecule has 0 bridgehead atoms. The first-order valence-electron chi connectivity index (χ1n) is 8.15. The average molecular weight is 328 g/mol. The lowest BCUT2D eigenvalue weighted by Gasteiger charge is -2.14. The van der Waals surface area contributed by atoms with E-state index >= 15 is 0 Å². The van der Waals surface area contributed by atoms with Crippen LogP contribution >= 0.6 is 11.8 Å². The highest BCUT2D eigenvalue weighted by molar-refractivity contribution is 7.99. The Morgan fingerprint density at radius 2 is 1.52 bits per heavy atom. The van der Waals surface area contributed by atoms with E-state index in [1.165, 1.54) is 11.1 Å². The first-order valence-corrected chi connectivity index (χ1v) is 9.20. The summed E-state index contributed by atoms with van der Waals surface area (Å²) < 4.78 is 0. The van der Waals surface area contributed by atoms with Crippen LogP contribution < -0.4 is 0 Å².